The van der Waals surface area contributed by atoms with Crippen LogP contribution in [-0.2, 0) is 0 Å². The van der Waals surface area contributed by atoms with Crippen LogP contribution in [0, 0.1) is 24.1 Å². The zero-order valence-corrected chi connectivity index (χ0v) is 13.1. The van der Waals surface area contributed by atoms with Crippen LogP contribution in [0.15, 0.2) is 29.6 Å². The Labute approximate surface area is 136 Å². The van der Waals surface area contributed by atoms with Gasteiger partial charge >= 0.3 is 0 Å². The Morgan fingerprint density at radius 2 is 2.22 bits per heavy atom. The summed E-state index contributed by atoms with van der Waals surface area (Å²) in [6.07, 6.45) is 1.59. The van der Waals surface area contributed by atoms with Crippen LogP contribution in [-0.4, -0.2) is 32.4 Å². The predicted octanol–water partition coefficient (Wildman–Crippen LogP) is 3.03. The van der Waals surface area contributed by atoms with Crippen LogP contribution in [0.5, 0.6) is 0 Å². The maximum Gasteiger partial charge on any atom is 0.190 e. The van der Waals surface area contributed by atoms with Crippen LogP contribution < -0.4 is 0 Å². The van der Waals surface area contributed by atoms with E-state index in [0.717, 1.165) is 11.1 Å². The molecule has 0 bridgehead atoms. The third-order valence-corrected chi connectivity index (χ3v) is 4.23. The maximum absolute atomic E-state index is 13.4. The molecule has 3 rings (SSSR count). The van der Waals surface area contributed by atoms with Gasteiger partial charge in [-0.05, 0) is 30.7 Å². The van der Waals surface area contributed by atoms with E-state index in [9.17, 15) is 9.65 Å². The number of thioether (sulfide) groups is 1. The number of nitriles is 1. The molecule has 0 fully saturated rings. The van der Waals surface area contributed by atoms with E-state index in [0.29, 0.717) is 33.2 Å². The number of hydrogen-bond donors (Lipinski definition) is 2. The van der Waals surface area contributed by atoms with Crippen LogP contribution in [0.25, 0.3) is 22.3 Å². The first-order chi connectivity index (χ1) is 11.1. The fourth-order valence-electron chi connectivity index (χ4n) is 2.39. The number of benzene rings is 1. The quantitative estimate of drug-likeness (QED) is 0.568. The highest BCUT2D eigenvalue weighted by atomic mass is 32.2. The number of fused-ring (bicyclic) bond motifs is 1. The highest BCUT2D eigenvalue weighted by Crippen LogP contribution is 2.32. The number of aliphatic hydroxyl groups is 1. The molecule has 0 amide bonds. The molecule has 23 heavy (non-hydrogen) atoms. The highest BCUT2D eigenvalue weighted by molar-refractivity contribution is 7.99. The molecule has 2 aromatic heterocycles. The summed E-state index contributed by atoms with van der Waals surface area (Å²) in [6, 6.07) is 6.58. The molecule has 0 unspecified atom stereocenters. The average molecular weight is 328 g/mol. The molecule has 0 saturated heterocycles. The third kappa shape index (κ3) is 2.91. The van der Waals surface area contributed by atoms with Gasteiger partial charge < -0.3 is 10.1 Å². The molecule has 0 atom stereocenters. The lowest BCUT2D eigenvalue weighted by molar-refractivity contribution is 0.322. The van der Waals surface area contributed by atoms with Gasteiger partial charge in [0.25, 0.3) is 0 Å². The van der Waals surface area contributed by atoms with Crippen molar-refractivity contribution >= 4 is 22.8 Å². The standard InChI is InChI=1S/C16H13FN4OS/c1-9-6-11(17)2-3-12(9)14-13-10(7-18)8-19-15(13)21-16(20-14)23-5-4-22/h2-3,6,8,22H,4-5H2,1H3,(H,19,20,21). The molecule has 0 aliphatic rings. The smallest absolute Gasteiger partial charge is 0.190 e. The SMILES string of the molecule is Cc1cc(F)ccc1-c1nc(SCCO)nc2[nH]cc(C#N)c12. The van der Waals surface area contributed by atoms with Crippen LogP contribution >= 0.6 is 11.8 Å². The maximum atomic E-state index is 13.4. The van der Waals surface area contributed by atoms with Crippen molar-refractivity contribution in [1.29, 1.82) is 5.26 Å². The normalized spacial score (nSPS) is 10.9. The molecule has 7 heteroatoms. The van der Waals surface area contributed by atoms with Crippen molar-refractivity contribution in [2.24, 2.45) is 0 Å². The van der Waals surface area contributed by atoms with Gasteiger partial charge in [0.1, 0.15) is 17.5 Å². The fraction of sp³-hybridized carbons (Fsp3) is 0.188. The summed E-state index contributed by atoms with van der Waals surface area (Å²) in [5.41, 5.74) is 3.06. The predicted molar refractivity (Wildman–Crippen MR) is 86.5 cm³/mol. The second kappa shape index (κ2) is 6.36. The highest BCUT2D eigenvalue weighted by Gasteiger charge is 2.17. The summed E-state index contributed by atoms with van der Waals surface area (Å²) in [7, 11) is 0. The second-order valence-corrected chi connectivity index (χ2v) is 5.99. The first-order valence-electron chi connectivity index (χ1n) is 6.93. The monoisotopic (exact) mass is 328 g/mol. The Kier molecular flexibility index (Phi) is 4.28. The summed E-state index contributed by atoms with van der Waals surface area (Å²) in [5, 5.41) is 19.4. The van der Waals surface area contributed by atoms with Crippen molar-refractivity contribution in [3.05, 3.63) is 41.3 Å². The number of H-pyrrole nitrogens is 1. The summed E-state index contributed by atoms with van der Waals surface area (Å²) < 4.78 is 13.4. The van der Waals surface area contributed by atoms with E-state index in [-0.39, 0.29) is 12.4 Å². The Morgan fingerprint density at radius 3 is 2.91 bits per heavy atom. The van der Waals surface area contributed by atoms with Crippen molar-refractivity contribution in [2.75, 3.05) is 12.4 Å². The van der Waals surface area contributed by atoms with E-state index in [1.807, 2.05) is 0 Å². The second-order valence-electron chi connectivity index (χ2n) is 4.92. The van der Waals surface area contributed by atoms with Gasteiger partial charge in [0.15, 0.2) is 5.16 Å². The zero-order valence-electron chi connectivity index (χ0n) is 12.3. The number of aromatic nitrogens is 3. The van der Waals surface area contributed by atoms with E-state index >= 15 is 0 Å². The number of aliphatic hydroxyl groups excluding tert-OH is 1. The lowest BCUT2D eigenvalue weighted by atomic mass is 10.0. The molecule has 116 valence electrons. The molecule has 0 spiro atoms. The Hall–Kier alpha value is -2.43. The largest absolute Gasteiger partial charge is 0.396 e. The minimum absolute atomic E-state index is 0.0190. The molecule has 2 heterocycles. The van der Waals surface area contributed by atoms with E-state index in [4.69, 9.17) is 5.11 Å². The van der Waals surface area contributed by atoms with E-state index in [2.05, 4.69) is 21.0 Å². The lowest BCUT2D eigenvalue weighted by Gasteiger charge is -2.09. The minimum Gasteiger partial charge on any atom is -0.396 e. The molecular formula is C16H13FN4OS. The van der Waals surface area contributed by atoms with Crippen molar-refractivity contribution in [3.63, 3.8) is 0 Å². The molecular weight excluding hydrogens is 315 g/mol. The van der Waals surface area contributed by atoms with Gasteiger partial charge in [-0.15, -0.1) is 0 Å². The molecule has 0 aliphatic heterocycles. The number of nitrogens with zero attached hydrogens (tertiary/aromatic N) is 3. The number of rotatable bonds is 4. The molecule has 3 aromatic rings. The van der Waals surface area contributed by atoms with E-state index in [1.54, 1.807) is 19.2 Å². The Morgan fingerprint density at radius 1 is 1.39 bits per heavy atom. The van der Waals surface area contributed by atoms with Crippen molar-refractivity contribution < 1.29 is 9.50 Å². The van der Waals surface area contributed by atoms with Crippen LogP contribution in [0.1, 0.15) is 11.1 Å². The van der Waals surface area contributed by atoms with Gasteiger partial charge in [0, 0.05) is 17.5 Å². The molecule has 5 nitrogen and oxygen atoms in total. The number of hydrogen-bond acceptors (Lipinski definition) is 5. The Balaban J connectivity index is 2.27. The summed E-state index contributed by atoms with van der Waals surface area (Å²) in [5.74, 6) is 0.153. The van der Waals surface area contributed by atoms with Crippen LogP contribution in [0.4, 0.5) is 4.39 Å². The number of aromatic amines is 1. The van der Waals surface area contributed by atoms with Gasteiger partial charge in [-0.3, -0.25) is 0 Å². The van der Waals surface area contributed by atoms with Crippen molar-refractivity contribution in [2.45, 2.75) is 12.1 Å². The summed E-state index contributed by atoms with van der Waals surface area (Å²) in [6.45, 7) is 1.82. The molecule has 0 saturated carbocycles. The van der Waals surface area contributed by atoms with Crippen LogP contribution in [0.3, 0.4) is 0 Å². The molecule has 2 N–H and O–H groups in total. The van der Waals surface area contributed by atoms with E-state index < -0.39 is 0 Å². The van der Waals surface area contributed by atoms with Gasteiger partial charge in [-0.2, -0.15) is 5.26 Å². The Bertz CT molecular complexity index is 916. The first kappa shape index (κ1) is 15.5. The van der Waals surface area contributed by atoms with Crippen molar-refractivity contribution in [1.82, 2.24) is 15.0 Å². The number of aryl methyl sites for hydroxylation is 1. The van der Waals surface area contributed by atoms with E-state index in [1.165, 1.54) is 23.9 Å². The van der Waals surface area contributed by atoms with Gasteiger partial charge in [-0.25, -0.2) is 14.4 Å². The molecule has 0 aliphatic carbocycles. The summed E-state index contributed by atoms with van der Waals surface area (Å²) in [4.78, 5) is 11.9. The molecule has 0 radical (unpaired) electrons. The third-order valence-electron chi connectivity index (χ3n) is 3.40. The van der Waals surface area contributed by atoms with Gasteiger partial charge in [0.2, 0.25) is 0 Å². The fourth-order valence-corrected chi connectivity index (χ4v) is 2.98. The van der Waals surface area contributed by atoms with Crippen molar-refractivity contribution in [3.8, 4) is 17.3 Å². The van der Waals surface area contributed by atoms with Crippen LogP contribution in [0.2, 0.25) is 0 Å². The average Bonchev–Trinajstić information content (AvgIpc) is 2.95. The number of nitrogens with one attached hydrogen (secondary N) is 1. The number of halogens is 1. The van der Waals surface area contributed by atoms with Gasteiger partial charge in [0.05, 0.1) is 23.3 Å². The first-order valence-corrected chi connectivity index (χ1v) is 7.92. The minimum atomic E-state index is -0.319. The topological polar surface area (TPSA) is 85.6 Å². The molecule has 1 aromatic carbocycles. The summed E-state index contributed by atoms with van der Waals surface area (Å²) >= 11 is 1.32. The lowest BCUT2D eigenvalue weighted by Crippen LogP contribution is -1.97. The van der Waals surface area contributed by atoms with Gasteiger partial charge in [-0.1, -0.05) is 11.8 Å². The zero-order chi connectivity index (χ0) is 16.4.